The molecule has 0 aliphatic carbocycles. The largest absolute Gasteiger partial charge is 0.481 e. The molecule has 0 aromatic carbocycles. The zero-order valence-corrected chi connectivity index (χ0v) is 39.4. The second-order valence-corrected chi connectivity index (χ2v) is 16.3. The van der Waals surface area contributed by atoms with Crippen LogP contribution in [-0.2, 0) is 47.7 Å². The Morgan fingerprint density at radius 3 is 1.47 bits per heavy atom. The number of ether oxygens (including phenoxy) is 4. The summed E-state index contributed by atoms with van der Waals surface area (Å²) in [5.74, 6) is -2.37. The molecule has 0 saturated heterocycles. The van der Waals surface area contributed by atoms with Crippen molar-refractivity contribution in [3.05, 3.63) is 12.7 Å². The topological polar surface area (TPSA) is 240 Å². The Morgan fingerprint density at radius 2 is 0.969 bits per heavy atom. The number of carbonyl (C=O) groups is 6. The molecular weight excluding hydrogens is 827 g/mol. The normalized spacial score (nSPS) is 12.0. The van der Waals surface area contributed by atoms with E-state index < -0.39 is 18.0 Å². The maximum absolute atomic E-state index is 12.3. The predicted octanol–water partition coefficient (Wildman–Crippen LogP) is 5.44. The fraction of sp³-hybridized carbons (Fsp3) is 0.830. The number of nitrogens with one attached hydrogen (secondary N) is 5. The Kier molecular flexibility index (Phi) is 43.3. The monoisotopic (exact) mass is 914 g/mol. The van der Waals surface area contributed by atoms with Gasteiger partial charge in [0.15, 0.2) is 0 Å². The van der Waals surface area contributed by atoms with Crippen molar-refractivity contribution in [1.82, 2.24) is 26.6 Å². The summed E-state index contributed by atoms with van der Waals surface area (Å²) in [7, 11) is 0. The molecule has 4 amide bonds. The fourth-order valence-corrected chi connectivity index (χ4v) is 6.68. The van der Waals surface area contributed by atoms with Gasteiger partial charge in [-0.1, -0.05) is 103 Å². The summed E-state index contributed by atoms with van der Waals surface area (Å²) in [6.45, 7) is 10.4. The molecule has 0 spiro atoms. The van der Waals surface area contributed by atoms with Crippen molar-refractivity contribution in [2.45, 2.75) is 161 Å². The smallest absolute Gasteiger partial charge is 0.326 e. The quantitative estimate of drug-likeness (QED) is 0.0298. The molecule has 0 aromatic heterocycles. The molecule has 0 radical (unpaired) electrons. The van der Waals surface area contributed by atoms with Crippen molar-refractivity contribution in [3.8, 4) is 0 Å². The molecule has 0 aromatic rings. The van der Waals surface area contributed by atoms with E-state index in [-0.39, 0.29) is 102 Å². The third kappa shape index (κ3) is 43.6. The first-order valence-electron chi connectivity index (χ1n) is 24.3. The molecule has 7 N–H and O–H groups in total. The number of unbranched alkanes of at least 4 members (excludes halogenated alkanes) is 15. The lowest BCUT2D eigenvalue weighted by Gasteiger charge is -2.14. The Morgan fingerprint density at radius 1 is 0.516 bits per heavy atom. The molecule has 0 bridgehead atoms. The summed E-state index contributed by atoms with van der Waals surface area (Å²) in [4.78, 5) is 70.6. The first-order valence-corrected chi connectivity index (χ1v) is 24.3. The lowest BCUT2D eigenvalue weighted by molar-refractivity contribution is -0.142. The van der Waals surface area contributed by atoms with Crippen molar-refractivity contribution >= 4 is 35.6 Å². The van der Waals surface area contributed by atoms with E-state index in [2.05, 4.69) is 40.1 Å². The lowest BCUT2D eigenvalue weighted by Crippen LogP contribution is -2.41. The van der Waals surface area contributed by atoms with Gasteiger partial charge in [0.2, 0.25) is 23.6 Å². The summed E-state index contributed by atoms with van der Waals surface area (Å²) in [5, 5.41) is 32.4. The van der Waals surface area contributed by atoms with Crippen molar-refractivity contribution < 1.29 is 57.9 Å². The van der Waals surface area contributed by atoms with E-state index in [1.807, 2.05) is 6.08 Å². The predicted molar refractivity (Wildman–Crippen MR) is 248 cm³/mol. The Hall–Kier alpha value is -3.64. The van der Waals surface area contributed by atoms with Crippen LogP contribution in [0.15, 0.2) is 12.7 Å². The van der Waals surface area contributed by atoms with E-state index in [1.165, 1.54) is 44.9 Å². The molecule has 0 fully saturated rings. The Labute approximate surface area is 384 Å². The van der Waals surface area contributed by atoms with Gasteiger partial charge in [-0.05, 0) is 57.5 Å². The number of aliphatic carboxylic acids is 2. The van der Waals surface area contributed by atoms with Gasteiger partial charge in [-0.15, -0.1) is 6.58 Å². The minimum Gasteiger partial charge on any atom is -0.481 e. The zero-order chi connectivity index (χ0) is 47.1. The van der Waals surface area contributed by atoms with Crippen LogP contribution in [0.5, 0.6) is 0 Å². The number of rotatable bonds is 49. The van der Waals surface area contributed by atoms with Crippen molar-refractivity contribution in [3.63, 3.8) is 0 Å². The van der Waals surface area contributed by atoms with E-state index >= 15 is 0 Å². The van der Waals surface area contributed by atoms with E-state index in [0.717, 1.165) is 83.7 Å². The fourth-order valence-electron chi connectivity index (χ4n) is 6.68. The number of allylic oxidation sites excluding steroid dienone is 1. The van der Waals surface area contributed by atoms with Crippen molar-refractivity contribution in [2.24, 2.45) is 5.92 Å². The highest BCUT2D eigenvalue weighted by atomic mass is 16.5. The van der Waals surface area contributed by atoms with Crippen LogP contribution >= 0.6 is 0 Å². The summed E-state index contributed by atoms with van der Waals surface area (Å²) in [5.41, 5.74) is 0. The number of hydrogen-bond donors (Lipinski definition) is 7. The molecule has 0 rings (SSSR count). The Bertz CT molecular complexity index is 1210. The van der Waals surface area contributed by atoms with Gasteiger partial charge in [-0.3, -0.25) is 24.0 Å². The van der Waals surface area contributed by atoms with Gasteiger partial charge in [-0.25, -0.2) is 4.79 Å². The molecule has 0 aliphatic heterocycles. The Balaban J connectivity index is 3.62. The molecule has 0 heterocycles. The maximum atomic E-state index is 12.3. The number of hydrogen-bond acceptors (Lipinski definition) is 11. The van der Waals surface area contributed by atoms with Gasteiger partial charge >= 0.3 is 11.9 Å². The van der Waals surface area contributed by atoms with E-state index in [0.29, 0.717) is 32.0 Å². The highest BCUT2D eigenvalue weighted by Gasteiger charge is 2.21. The summed E-state index contributed by atoms with van der Waals surface area (Å²) in [6.07, 6.45) is 22.7. The van der Waals surface area contributed by atoms with Crippen LogP contribution in [0.4, 0.5) is 0 Å². The van der Waals surface area contributed by atoms with Crippen molar-refractivity contribution in [2.75, 3.05) is 85.6 Å². The minimum absolute atomic E-state index is 0.0202. The summed E-state index contributed by atoms with van der Waals surface area (Å²) < 4.78 is 21.5. The van der Waals surface area contributed by atoms with E-state index in [1.54, 1.807) is 0 Å². The maximum Gasteiger partial charge on any atom is 0.326 e. The van der Waals surface area contributed by atoms with Gasteiger partial charge in [0, 0.05) is 38.9 Å². The standard InChI is InChI=1S/C47H87N5O12/c1-3-22-40(4-2)37-48-27-20-17-21-28-49-44(55)38-63-35-34-62-32-30-51-45(56)39-64-36-33-61-31-29-50-42(53)26-25-41(47(59)60)52-43(54)23-18-15-13-11-9-7-5-6-8-10-12-14-16-19-24-46(57)58/h3,40-41,48H,1,4-39H2,2H3,(H,49,55)(H,50,53)(H,51,56)(H,52,54)(H,57,58)(H,59,60). The molecule has 2 unspecified atom stereocenters. The number of carbonyl (C=O) groups excluding carboxylic acids is 4. The number of carboxylic acids is 2. The molecular formula is C47H87N5O12. The summed E-state index contributed by atoms with van der Waals surface area (Å²) in [6, 6.07) is -1.13. The minimum atomic E-state index is -1.18. The average molecular weight is 914 g/mol. The average Bonchev–Trinajstić information content (AvgIpc) is 3.26. The van der Waals surface area contributed by atoms with Gasteiger partial charge < -0.3 is 55.7 Å². The molecule has 0 aliphatic rings. The summed E-state index contributed by atoms with van der Waals surface area (Å²) >= 11 is 0. The number of amides is 4. The van der Waals surface area contributed by atoms with Gasteiger partial charge in [0.25, 0.3) is 0 Å². The van der Waals surface area contributed by atoms with Gasteiger partial charge in [0.05, 0.1) is 39.6 Å². The third-order valence-electron chi connectivity index (χ3n) is 10.5. The second-order valence-electron chi connectivity index (χ2n) is 16.3. The van der Waals surface area contributed by atoms with Crippen LogP contribution in [0.3, 0.4) is 0 Å². The zero-order valence-electron chi connectivity index (χ0n) is 39.4. The molecule has 17 nitrogen and oxygen atoms in total. The molecule has 64 heavy (non-hydrogen) atoms. The van der Waals surface area contributed by atoms with Gasteiger partial charge in [0.1, 0.15) is 19.3 Å². The first-order chi connectivity index (χ1) is 31.1. The van der Waals surface area contributed by atoms with Crippen LogP contribution in [0.2, 0.25) is 0 Å². The molecule has 17 heteroatoms. The number of carboxylic acid groups (broad SMARTS) is 2. The van der Waals surface area contributed by atoms with E-state index in [4.69, 9.17) is 24.1 Å². The van der Waals surface area contributed by atoms with Crippen LogP contribution in [0.25, 0.3) is 0 Å². The van der Waals surface area contributed by atoms with E-state index in [9.17, 15) is 33.9 Å². The van der Waals surface area contributed by atoms with Crippen molar-refractivity contribution in [1.29, 1.82) is 0 Å². The second kappa shape index (κ2) is 45.9. The molecule has 0 saturated carbocycles. The van der Waals surface area contributed by atoms with Crippen LogP contribution in [0.1, 0.15) is 155 Å². The first kappa shape index (κ1) is 60.4. The van der Waals surface area contributed by atoms with Crippen LogP contribution < -0.4 is 26.6 Å². The van der Waals surface area contributed by atoms with Crippen LogP contribution in [0, 0.1) is 5.92 Å². The SMILES string of the molecule is C=CCC(CC)CNCCCCCNC(=O)COCCOCCNC(=O)COCCOCCNC(=O)CCC(NC(=O)CCCCCCCCCCCCCCCCC(=O)O)C(=O)O. The highest BCUT2D eigenvalue weighted by Crippen LogP contribution is 2.14. The van der Waals surface area contributed by atoms with Crippen LogP contribution in [-0.4, -0.2) is 137 Å². The molecule has 2 atom stereocenters. The third-order valence-corrected chi connectivity index (χ3v) is 10.5. The molecule has 372 valence electrons. The lowest BCUT2D eigenvalue weighted by atomic mass is 10.0. The van der Waals surface area contributed by atoms with Gasteiger partial charge in [-0.2, -0.15) is 0 Å². The highest BCUT2D eigenvalue weighted by molar-refractivity contribution is 5.84.